The van der Waals surface area contributed by atoms with Gasteiger partial charge in [0.15, 0.2) is 11.0 Å². The van der Waals surface area contributed by atoms with Gasteiger partial charge in [0, 0.05) is 24.1 Å². The van der Waals surface area contributed by atoms with Gasteiger partial charge in [-0.2, -0.15) is 4.98 Å². The molecule has 1 unspecified atom stereocenters. The third kappa shape index (κ3) is 4.87. The highest BCUT2D eigenvalue weighted by molar-refractivity contribution is 7.99. The number of fused-ring (bicyclic) bond motifs is 1. The summed E-state index contributed by atoms with van der Waals surface area (Å²) in [5.41, 5.74) is 0.501. The summed E-state index contributed by atoms with van der Waals surface area (Å²) < 4.78 is 12.8. The number of benzene rings is 1. The van der Waals surface area contributed by atoms with Gasteiger partial charge in [-0.3, -0.25) is 9.36 Å². The van der Waals surface area contributed by atoms with Gasteiger partial charge in [0.2, 0.25) is 5.89 Å². The Morgan fingerprint density at radius 3 is 2.83 bits per heavy atom. The quantitative estimate of drug-likeness (QED) is 0.259. The molecule has 3 aromatic rings. The van der Waals surface area contributed by atoms with Crippen molar-refractivity contribution in [3.05, 3.63) is 45.3 Å². The lowest BCUT2D eigenvalue weighted by molar-refractivity contribution is 0.0743. The van der Waals surface area contributed by atoms with Crippen molar-refractivity contribution in [2.24, 2.45) is 0 Å². The van der Waals surface area contributed by atoms with Crippen LogP contribution >= 0.6 is 23.4 Å². The van der Waals surface area contributed by atoms with E-state index in [4.69, 9.17) is 25.8 Å². The zero-order chi connectivity index (χ0) is 21.3. The number of nitrogens with zero attached hydrogens (tertiary/aromatic N) is 4. The molecule has 7 nitrogen and oxygen atoms in total. The summed E-state index contributed by atoms with van der Waals surface area (Å²) in [6.45, 7) is 7.07. The van der Waals surface area contributed by atoms with Crippen LogP contribution in [0.15, 0.2) is 32.7 Å². The number of ether oxygens (including phenoxy) is 1. The van der Waals surface area contributed by atoms with Crippen LogP contribution in [0.5, 0.6) is 0 Å². The van der Waals surface area contributed by atoms with Crippen LogP contribution in [0.1, 0.15) is 62.9 Å². The third-order valence-corrected chi connectivity index (χ3v) is 6.20. The van der Waals surface area contributed by atoms with Crippen molar-refractivity contribution in [2.75, 3.05) is 6.61 Å². The zero-order valence-corrected chi connectivity index (χ0v) is 18.9. The largest absolute Gasteiger partial charge is 0.379 e. The molecule has 1 saturated carbocycles. The summed E-state index contributed by atoms with van der Waals surface area (Å²) >= 11 is 7.57. The van der Waals surface area contributed by atoms with Gasteiger partial charge in [0.05, 0.1) is 22.3 Å². The Hall–Kier alpha value is -1.90. The molecular formula is C21H25ClN4O3S. The standard InChI is InChI=1S/C21H25ClN4O3S/c1-12(2)28-10-4-9-26-20(27)16-8-7-15(22)11-17(16)23-21(26)30-13(3)19-24-18(25-29-19)14-5-6-14/h7-8,11-14H,4-6,9-10H2,1-3H3. The minimum absolute atomic E-state index is 0.0832. The molecular weight excluding hydrogens is 424 g/mol. The minimum atomic E-state index is -0.133. The van der Waals surface area contributed by atoms with Crippen molar-refractivity contribution in [2.45, 2.75) is 69.0 Å². The molecule has 1 aliphatic rings. The van der Waals surface area contributed by atoms with Gasteiger partial charge in [0.1, 0.15) is 0 Å². The van der Waals surface area contributed by atoms with Gasteiger partial charge in [-0.15, -0.1) is 0 Å². The van der Waals surface area contributed by atoms with Gasteiger partial charge in [0.25, 0.3) is 5.56 Å². The molecule has 0 spiro atoms. The van der Waals surface area contributed by atoms with Crippen molar-refractivity contribution < 1.29 is 9.26 Å². The van der Waals surface area contributed by atoms with Gasteiger partial charge in [-0.05, 0) is 58.2 Å². The molecule has 0 saturated heterocycles. The Kier molecular flexibility index (Phi) is 6.46. The second-order valence-corrected chi connectivity index (χ2v) is 9.56. The van der Waals surface area contributed by atoms with E-state index in [1.807, 2.05) is 20.8 Å². The molecule has 2 aromatic heterocycles. The molecule has 30 heavy (non-hydrogen) atoms. The van der Waals surface area contributed by atoms with Crippen molar-refractivity contribution in [3.8, 4) is 0 Å². The summed E-state index contributed by atoms with van der Waals surface area (Å²) in [4.78, 5) is 22.5. The molecule has 0 radical (unpaired) electrons. The lowest BCUT2D eigenvalue weighted by atomic mass is 10.2. The minimum Gasteiger partial charge on any atom is -0.379 e. The molecule has 0 amide bonds. The van der Waals surface area contributed by atoms with E-state index in [2.05, 4.69) is 10.1 Å². The van der Waals surface area contributed by atoms with Crippen molar-refractivity contribution in [1.29, 1.82) is 0 Å². The normalized spacial score (nSPS) is 15.2. The van der Waals surface area contributed by atoms with Crippen LogP contribution < -0.4 is 5.56 Å². The highest BCUT2D eigenvalue weighted by atomic mass is 35.5. The van der Waals surface area contributed by atoms with Crippen molar-refractivity contribution >= 4 is 34.3 Å². The van der Waals surface area contributed by atoms with E-state index in [9.17, 15) is 4.79 Å². The average Bonchev–Trinajstić information content (AvgIpc) is 3.43. The van der Waals surface area contributed by atoms with E-state index >= 15 is 0 Å². The number of hydrogen-bond acceptors (Lipinski definition) is 7. The van der Waals surface area contributed by atoms with Crippen LogP contribution in [-0.2, 0) is 11.3 Å². The summed E-state index contributed by atoms with van der Waals surface area (Å²) in [7, 11) is 0. The molecule has 1 fully saturated rings. The smallest absolute Gasteiger partial charge is 0.262 e. The molecule has 2 heterocycles. The van der Waals surface area contributed by atoms with Crippen LogP contribution in [-0.4, -0.2) is 32.4 Å². The maximum absolute atomic E-state index is 13.2. The molecule has 4 rings (SSSR count). The van der Waals surface area contributed by atoms with E-state index in [1.165, 1.54) is 11.8 Å². The molecule has 1 atom stereocenters. The maximum Gasteiger partial charge on any atom is 0.262 e. The Morgan fingerprint density at radius 2 is 2.10 bits per heavy atom. The molecule has 9 heteroatoms. The number of aromatic nitrogens is 4. The van der Waals surface area contributed by atoms with Crippen LogP contribution in [0.2, 0.25) is 5.02 Å². The summed E-state index contributed by atoms with van der Waals surface area (Å²) in [6, 6.07) is 5.16. The molecule has 160 valence electrons. The summed E-state index contributed by atoms with van der Waals surface area (Å²) in [6.07, 6.45) is 3.11. The van der Waals surface area contributed by atoms with Gasteiger partial charge >= 0.3 is 0 Å². The molecule has 0 bridgehead atoms. The Labute approximate surface area is 184 Å². The fourth-order valence-electron chi connectivity index (χ4n) is 3.13. The number of halogens is 1. The topological polar surface area (TPSA) is 83.0 Å². The summed E-state index contributed by atoms with van der Waals surface area (Å²) in [5, 5.41) is 5.67. The lowest BCUT2D eigenvalue weighted by Gasteiger charge is -2.15. The Bertz CT molecular complexity index is 1090. The lowest BCUT2D eigenvalue weighted by Crippen LogP contribution is -2.24. The highest BCUT2D eigenvalue weighted by Gasteiger charge is 2.30. The highest BCUT2D eigenvalue weighted by Crippen LogP contribution is 2.40. The van der Waals surface area contributed by atoms with E-state index < -0.39 is 0 Å². The predicted octanol–water partition coefficient (Wildman–Crippen LogP) is 4.98. The fraction of sp³-hybridized carbons (Fsp3) is 0.524. The van der Waals surface area contributed by atoms with Crippen LogP contribution in [0.25, 0.3) is 10.9 Å². The average molecular weight is 449 g/mol. The first-order chi connectivity index (χ1) is 14.4. The van der Waals surface area contributed by atoms with Gasteiger partial charge < -0.3 is 9.26 Å². The van der Waals surface area contributed by atoms with Gasteiger partial charge in [-0.1, -0.05) is 28.5 Å². The number of hydrogen-bond donors (Lipinski definition) is 0. The Morgan fingerprint density at radius 1 is 1.30 bits per heavy atom. The molecule has 1 aliphatic carbocycles. The SMILES string of the molecule is CC(C)OCCCn1c(SC(C)c2nc(C3CC3)no2)nc2cc(Cl)ccc2c1=O. The number of rotatable bonds is 9. The van der Waals surface area contributed by atoms with Crippen LogP contribution in [0.4, 0.5) is 0 Å². The van der Waals surface area contributed by atoms with Crippen LogP contribution in [0, 0.1) is 0 Å². The van der Waals surface area contributed by atoms with Crippen LogP contribution in [0.3, 0.4) is 0 Å². The first-order valence-electron chi connectivity index (χ1n) is 10.2. The maximum atomic E-state index is 13.2. The van der Waals surface area contributed by atoms with E-state index in [-0.39, 0.29) is 16.9 Å². The van der Waals surface area contributed by atoms with E-state index in [0.717, 1.165) is 18.7 Å². The van der Waals surface area contributed by atoms with Gasteiger partial charge in [-0.25, -0.2) is 4.98 Å². The third-order valence-electron chi connectivity index (χ3n) is 4.89. The van der Waals surface area contributed by atoms with Crippen molar-refractivity contribution in [3.63, 3.8) is 0 Å². The first kappa shape index (κ1) is 21.3. The predicted molar refractivity (Wildman–Crippen MR) is 117 cm³/mol. The molecule has 0 N–H and O–H groups in total. The second kappa shape index (κ2) is 9.08. The Balaban J connectivity index is 1.62. The molecule has 0 aliphatic heterocycles. The van der Waals surface area contributed by atoms with E-state index in [0.29, 0.717) is 52.5 Å². The monoisotopic (exact) mass is 448 g/mol. The zero-order valence-electron chi connectivity index (χ0n) is 17.3. The summed E-state index contributed by atoms with van der Waals surface area (Å²) in [5.74, 6) is 1.76. The fourth-order valence-corrected chi connectivity index (χ4v) is 4.26. The van der Waals surface area contributed by atoms with Crippen molar-refractivity contribution in [1.82, 2.24) is 19.7 Å². The molecule has 1 aromatic carbocycles. The first-order valence-corrected chi connectivity index (χ1v) is 11.5. The van der Waals surface area contributed by atoms with E-state index in [1.54, 1.807) is 22.8 Å². The number of thioether (sulfide) groups is 1. The second-order valence-electron chi connectivity index (χ2n) is 7.81.